The summed E-state index contributed by atoms with van der Waals surface area (Å²) < 4.78 is 0. The van der Waals surface area contributed by atoms with Gasteiger partial charge in [-0.25, -0.2) is 28.8 Å². The van der Waals surface area contributed by atoms with Gasteiger partial charge in [0.1, 0.15) is 0 Å². The number of hydrogen-bond donors (Lipinski definition) is 6. The van der Waals surface area contributed by atoms with Crippen molar-refractivity contribution < 1.29 is 59.4 Å². The maximum Gasteiger partial charge on any atom is 0.328 e. The Morgan fingerprint density at radius 2 is 0.423 bits per heavy atom. The fraction of sp³-hybridized carbons (Fsp3) is 0. The summed E-state index contributed by atoms with van der Waals surface area (Å²) in [7, 11) is 0. The van der Waals surface area contributed by atoms with Crippen molar-refractivity contribution >= 4 is 60.6 Å². The summed E-state index contributed by atoms with van der Waals surface area (Å²) >= 11 is 0. The first kappa shape index (κ1) is 34.1. The molecular formula is C12H14Cl2O12. The minimum atomic E-state index is -1.26. The van der Waals surface area contributed by atoms with E-state index in [0.717, 1.165) is 0 Å². The molecule has 0 radical (unpaired) electrons. The zero-order valence-electron chi connectivity index (χ0n) is 12.4. The fourth-order valence-electron chi connectivity index (χ4n) is 0.428. The van der Waals surface area contributed by atoms with Crippen LogP contribution in [0.1, 0.15) is 0 Å². The van der Waals surface area contributed by atoms with Crippen molar-refractivity contribution in [2.45, 2.75) is 0 Å². The Labute approximate surface area is 157 Å². The molecule has 0 unspecified atom stereocenters. The van der Waals surface area contributed by atoms with Gasteiger partial charge in [-0.2, -0.15) is 0 Å². The molecule has 26 heavy (non-hydrogen) atoms. The summed E-state index contributed by atoms with van der Waals surface area (Å²) in [5.41, 5.74) is 0. The molecule has 6 N–H and O–H groups in total. The second-order valence-electron chi connectivity index (χ2n) is 3.03. The number of hydrogen-bond acceptors (Lipinski definition) is 6. The lowest BCUT2D eigenvalue weighted by atomic mass is 10.5. The molecule has 0 aromatic rings. The SMILES string of the molecule is Cl.Cl.O=C(O)/C=C/C(=O)O.O=C(O)/C=C/C(=O)O.O=C(O)/C=C/C(=O)O. The van der Waals surface area contributed by atoms with Gasteiger partial charge in [-0.1, -0.05) is 0 Å². The molecule has 148 valence electrons. The standard InChI is InChI=1S/3C4H4O4.2ClH/c3*5-3(6)1-2-4(7)8;;/h3*1-2H,(H,5,6)(H,7,8);2*1H/b3*2-1+;;. The lowest BCUT2D eigenvalue weighted by molar-refractivity contribution is -0.134. The van der Waals surface area contributed by atoms with Crippen LogP contribution in [0.15, 0.2) is 36.5 Å². The second kappa shape index (κ2) is 21.6. The van der Waals surface area contributed by atoms with Crippen molar-refractivity contribution in [3.8, 4) is 0 Å². The van der Waals surface area contributed by atoms with E-state index in [9.17, 15) is 28.8 Å². The van der Waals surface area contributed by atoms with Gasteiger partial charge in [-0.3, -0.25) is 0 Å². The predicted molar refractivity (Wildman–Crippen MR) is 87.7 cm³/mol. The first-order valence-corrected chi connectivity index (χ1v) is 5.30. The highest BCUT2D eigenvalue weighted by atomic mass is 35.5. The van der Waals surface area contributed by atoms with Gasteiger partial charge in [0.15, 0.2) is 0 Å². The van der Waals surface area contributed by atoms with Crippen LogP contribution >= 0.6 is 24.8 Å². The Hall–Kier alpha value is -3.38. The van der Waals surface area contributed by atoms with Crippen LogP contribution in [0.3, 0.4) is 0 Å². The maximum absolute atomic E-state index is 9.55. The van der Waals surface area contributed by atoms with Gasteiger partial charge in [0.05, 0.1) is 0 Å². The van der Waals surface area contributed by atoms with Crippen molar-refractivity contribution in [1.82, 2.24) is 0 Å². The third-order valence-electron chi connectivity index (χ3n) is 1.11. The van der Waals surface area contributed by atoms with Gasteiger partial charge >= 0.3 is 35.8 Å². The van der Waals surface area contributed by atoms with E-state index in [4.69, 9.17) is 30.6 Å². The second-order valence-corrected chi connectivity index (χ2v) is 3.03. The number of rotatable bonds is 6. The number of halogens is 2. The van der Waals surface area contributed by atoms with E-state index in [0.29, 0.717) is 36.5 Å². The highest BCUT2D eigenvalue weighted by Crippen LogP contribution is 1.71. The van der Waals surface area contributed by atoms with Crippen LogP contribution in [-0.4, -0.2) is 66.5 Å². The highest BCUT2D eigenvalue weighted by Gasteiger charge is 1.89. The first-order valence-electron chi connectivity index (χ1n) is 5.30. The molecule has 0 aliphatic heterocycles. The molecule has 0 amide bonds. The van der Waals surface area contributed by atoms with Crippen LogP contribution in [0, 0.1) is 0 Å². The molecule has 0 aliphatic carbocycles. The molecule has 0 bridgehead atoms. The average Bonchev–Trinajstić information content (AvgIpc) is 2.42. The van der Waals surface area contributed by atoms with Crippen LogP contribution in [0.25, 0.3) is 0 Å². The Kier molecular flexibility index (Phi) is 28.3. The molecule has 0 aromatic heterocycles. The van der Waals surface area contributed by atoms with Crippen molar-refractivity contribution in [3.63, 3.8) is 0 Å². The zero-order chi connectivity index (χ0) is 19.7. The van der Waals surface area contributed by atoms with E-state index >= 15 is 0 Å². The van der Waals surface area contributed by atoms with Crippen LogP contribution in [0.4, 0.5) is 0 Å². The summed E-state index contributed by atoms with van der Waals surface area (Å²) in [6, 6.07) is 0. The molecule has 14 heteroatoms. The number of carboxylic acid groups (broad SMARTS) is 6. The Morgan fingerprint density at radius 1 is 0.346 bits per heavy atom. The molecule has 0 heterocycles. The van der Waals surface area contributed by atoms with E-state index in [2.05, 4.69) is 0 Å². The lowest BCUT2D eigenvalue weighted by Crippen LogP contribution is -1.91. The fourth-order valence-corrected chi connectivity index (χ4v) is 0.428. The summed E-state index contributed by atoms with van der Waals surface area (Å²) in [6.07, 6.45) is 3.35. The summed E-state index contributed by atoms with van der Waals surface area (Å²) in [6.45, 7) is 0. The molecule has 0 spiro atoms. The Bertz CT molecular complexity index is 448. The van der Waals surface area contributed by atoms with E-state index in [1.165, 1.54) is 0 Å². The van der Waals surface area contributed by atoms with Gasteiger partial charge in [0.25, 0.3) is 0 Å². The molecule has 12 nitrogen and oxygen atoms in total. The monoisotopic (exact) mass is 420 g/mol. The largest absolute Gasteiger partial charge is 0.478 e. The minimum Gasteiger partial charge on any atom is -0.478 e. The Morgan fingerprint density at radius 3 is 0.462 bits per heavy atom. The van der Waals surface area contributed by atoms with Crippen molar-refractivity contribution in [1.29, 1.82) is 0 Å². The first-order chi connectivity index (χ1) is 10.9. The number of carboxylic acids is 6. The van der Waals surface area contributed by atoms with Crippen LogP contribution in [-0.2, 0) is 28.8 Å². The van der Waals surface area contributed by atoms with Crippen molar-refractivity contribution in [2.24, 2.45) is 0 Å². The third-order valence-corrected chi connectivity index (χ3v) is 1.11. The Balaban J connectivity index is -0.0000000817. The zero-order valence-corrected chi connectivity index (χ0v) is 14.0. The predicted octanol–water partition coefficient (Wildman–Crippen LogP) is -0.0210. The summed E-state index contributed by atoms with van der Waals surface area (Å²) in [4.78, 5) is 57.3. The van der Waals surface area contributed by atoms with E-state index in [1.807, 2.05) is 0 Å². The van der Waals surface area contributed by atoms with E-state index in [1.54, 1.807) is 0 Å². The van der Waals surface area contributed by atoms with E-state index in [-0.39, 0.29) is 24.8 Å². The van der Waals surface area contributed by atoms with Crippen LogP contribution in [0.2, 0.25) is 0 Å². The minimum absolute atomic E-state index is 0. The quantitative estimate of drug-likeness (QED) is 0.311. The van der Waals surface area contributed by atoms with Gasteiger partial charge in [-0.05, 0) is 0 Å². The van der Waals surface area contributed by atoms with Gasteiger partial charge in [-0.15, -0.1) is 24.8 Å². The smallest absolute Gasteiger partial charge is 0.328 e. The van der Waals surface area contributed by atoms with Crippen molar-refractivity contribution in [2.75, 3.05) is 0 Å². The molecular weight excluding hydrogens is 407 g/mol. The summed E-state index contributed by atoms with van der Waals surface area (Å²) in [5, 5.41) is 46.9. The van der Waals surface area contributed by atoms with Crippen molar-refractivity contribution in [3.05, 3.63) is 36.5 Å². The average molecular weight is 421 g/mol. The van der Waals surface area contributed by atoms with Gasteiger partial charge in [0, 0.05) is 36.5 Å². The highest BCUT2D eigenvalue weighted by molar-refractivity contribution is 5.90. The molecule has 0 atom stereocenters. The van der Waals surface area contributed by atoms with E-state index < -0.39 is 35.8 Å². The molecule has 0 fully saturated rings. The normalized spacial score (nSPS) is 8.77. The number of carbonyl (C=O) groups is 6. The number of aliphatic carboxylic acids is 6. The summed E-state index contributed by atoms with van der Waals surface area (Å²) in [5.74, 6) is -7.54. The van der Waals surface area contributed by atoms with Gasteiger partial charge < -0.3 is 30.6 Å². The topological polar surface area (TPSA) is 224 Å². The lowest BCUT2D eigenvalue weighted by Gasteiger charge is -1.74. The molecule has 0 saturated heterocycles. The molecule has 0 aliphatic rings. The molecule has 0 aromatic carbocycles. The van der Waals surface area contributed by atoms with Gasteiger partial charge in [0.2, 0.25) is 0 Å². The molecule has 0 saturated carbocycles. The third kappa shape index (κ3) is 58.8. The van der Waals surface area contributed by atoms with Crippen LogP contribution < -0.4 is 0 Å². The molecule has 0 rings (SSSR count). The maximum atomic E-state index is 9.55. The van der Waals surface area contributed by atoms with Crippen LogP contribution in [0.5, 0.6) is 0 Å².